The van der Waals surface area contributed by atoms with E-state index in [0.717, 1.165) is 23.2 Å². The zero-order valence-corrected chi connectivity index (χ0v) is 9.05. The summed E-state index contributed by atoms with van der Waals surface area (Å²) in [5.41, 5.74) is 3.11. The third-order valence-corrected chi connectivity index (χ3v) is 2.56. The van der Waals surface area contributed by atoms with E-state index in [9.17, 15) is 4.79 Å². The SMILES string of the molecule is O=C1Cc2ccc(C=CCCCl)cc2N1. The number of halogens is 1. The zero-order chi connectivity index (χ0) is 10.7. The van der Waals surface area contributed by atoms with Gasteiger partial charge in [-0.05, 0) is 23.6 Å². The van der Waals surface area contributed by atoms with E-state index in [1.54, 1.807) is 0 Å². The summed E-state index contributed by atoms with van der Waals surface area (Å²) in [6, 6.07) is 6.00. The molecular weight excluding hydrogens is 210 g/mol. The van der Waals surface area contributed by atoms with E-state index >= 15 is 0 Å². The lowest BCUT2D eigenvalue weighted by Gasteiger charge is -1.99. The summed E-state index contributed by atoms with van der Waals surface area (Å²) in [7, 11) is 0. The molecule has 2 rings (SSSR count). The minimum absolute atomic E-state index is 0.0758. The van der Waals surface area contributed by atoms with E-state index in [2.05, 4.69) is 5.32 Å². The number of carbonyl (C=O) groups is 1. The number of fused-ring (bicyclic) bond motifs is 1. The number of hydrogen-bond donors (Lipinski definition) is 1. The van der Waals surface area contributed by atoms with Crippen molar-refractivity contribution in [3.63, 3.8) is 0 Å². The Kier molecular flexibility index (Phi) is 3.07. The summed E-state index contributed by atoms with van der Waals surface area (Å²) >= 11 is 5.57. The van der Waals surface area contributed by atoms with Gasteiger partial charge in [0.2, 0.25) is 5.91 Å². The largest absolute Gasteiger partial charge is 0.326 e. The first-order valence-corrected chi connectivity index (χ1v) is 5.48. The van der Waals surface area contributed by atoms with Crippen molar-refractivity contribution < 1.29 is 4.79 Å². The molecule has 1 aromatic rings. The zero-order valence-electron chi connectivity index (χ0n) is 8.29. The number of carbonyl (C=O) groups excluding carboxylic acids is 1. The summed E-state index contributed by atoms with van der Waals surface area (Å²) in [5.74, 6) is 0.713. The first-order valence-electron chi connectivity index (χ1n) is 4.95. The number of alkyl halides is 1. The molecule has 1 aliphatic heterocycles. The van der Waals surface area contributed by atoms with Crippen LogP contribution in [0.5, 0.6) is 0 Å². The van der Waals surface area contributed by atoms with Crippen LogP contribution in [0.2, 0.25) is 0 Å². The highest BCUT2D eigenvalue weighted by atomic mass is 35.5. The molecule has 0 atom stereocenters. The smallest absolute Gasteiger partial charge is 0.228 e. The number of allylic oxidation sites excluding steroid dienone is 1. The lowest BCUT2D eigenvalue weighted by Crippen LogP contribution is -2.03. The predicted octanol–water partition coefficient (Wildman–Crippen LogP) is 2.82. The van der Waals surface area contributed by atoms with Crippen LogP contribution in [0.3, 0.4) is 0 Å². The topological polar surface area (TPSA) is 29.1 Å². The van der Waals surface area contributed by atoms with Crippen LogP contribution >= 0.6 is 11.6 Å². The van der Waals surface area contributed by atoms with Gasteiger partial charge in [0.15, 0.2) is 0 Å². The van der Waals surface area contributed by atoms with Gasteiger partial charge in [-0.2, -0.15) is 0 Å². The fourth-order valence-corrected chi connectivity index (χ4v) is 1.74. The molecule has 0 bridgehead atoms. The third kappa shape index (κ3) is 2.39. The van der Waals surface area contributed by atoms with Crippen LogP contribution in [0.15, 0.2) is 24.3 Å². The van der Waals surface area contributed by atoms with Crippen LogP contribution in [0.4, 0.5) is 5.69 Å². The maximum absolute atomic E-state index is 11.1. The highest BCUT2D eigenvalue weighted by Gasteiger charge is 2.16. The molecule has 0 radical (unpaired) electrons. The Bertz CT molecular complexity index is 412. The summed E-state index contributed by atoms with van der Waals surface area (Å²) in [6.07, 6.45) is 5.42. The molecule has 0 saturated heterocycles. The van der Waals surface area contributed by atoms with E-state index < -0.39 is 0 Å². The monoisotopic (exact) mass is 221 g/mol. The molecule has 0 aromatic heterocycles. The lowest BCUT2D eigenvalue weighted by atomic mass is 10.1. The molecule has 2 nitrogen and oxygen atoms in total. The minimum Gasteiger partial charge on any atom is -0.326 e. The van der Waals surface area contributed by atoms with Gasteiger partial charge in [0, 0.05) is 11.6 Å². The van der Waals surface area contributed by atoms with Crippen molar-refractivity contribution in [1.82, 2.24) is 0 Å². The molecule has 15 heavy (non-hydrogen) atoms. The second kappa shape index (κ2) is 4.49. The first-order chi connectivity index (χ1) is 7.29. The van der Waals surface area contributed by atoms with Gasteiger partial charge in [0.1, 0.15) is 0 Å². The number of anilines is 1. The summed E-state index contributed by atoms with van der Waals surface area (Å²) in [5, 5.41) is 2.83. The van der Waals surface area contributed by atoms with Crippen LogP contribution in [0.25, 0.3) is 6.08 Å². The fraction of sp³-hybridized carbons (Fsp3) is 0.250. The van der Waals surface area contributed by atoms with Gasteiger partial charge < -0.3 is 5.32 Å². The van der Waals surface area contributed by atoms with Gasteiger partial charge in [-0.25, -0.2) is 0 Å². The molecule has 0 unspecified atom stereocenters. The Morgan fingerprint density at radius 2 is 2.33 bits per heavy atom. The van der Waals surface area contributed by atoms with E-state index in [0.29, 0.717) is 12.3 Å². The van der Waals surface area contributed by atoms with E-state index in [1.165, 1.54) is 0 Å². The van der Waals surface area contributed by atoms with Crippen molar-refractivity contribution in [3.05, 3.63) is 35.4 Å². The second-order valence-corrected chi connectivity index (χ2v) is 3.90. The van der Waals surface area contributed by atoms with Gasteiger partial charge in [0.25, 0.3) is 0 Å². The average Bonchev–Trinajstić information content (AvgIpc) is 2.57. The molecule has 0 saturated carbocycles. The average molecular weight is 222 g/mol. The molecule has 0 fully saturated rings. The second-order valence-electron chi connectivity index (χ2n) is 3.52. The van der Waals surface area contributed by atoms with Crippen LogP contribution in [-0.4, -0.2) is 11.8 Å². The van der Waals surface area contributed by atoms with Crippen molar-refractivity contribution in [3.8, 4) is 0 Å². The van der Waals surface area contributed by atoms with Gasteiger partial charge >= 0.3 is 0 Å². The highest BCUT2D eigenvalue weighted by Crippen LogP contribution is 2.24. The normalized spacial score (nSPS) is 14.3. The van der Waals surface area contributed by atoms with Crippen molar-refractivity contribution in [2.75, 3.05) is 11.2 Å². The first kappa shape index (κ1) is 10.2. The molecule has 1 aromatic carbocycles. The van der Waals surface area contributed by atoms with Crippen molar-refractivity contribution >= 4 is 29.3 Å². The van der Waals surface area contributed by atoms with Crippen LogP contribution in [0, 0.1) is 0 Å². The van der Waals surface area contributed by atoms with Crippen molar-refractivity contribution in [2.24, 2.45) is 0 Å². The standard InChI is InChI=1S/C12H12ClNO/c13-6-2-1-3-9-4-5-10-8-12(15)14-11(10)7-9/h1,3-5,7H,2,6,8H2,(H,14,15). The molecule has 1 aliphatic rings. The minimum atomic E-state index is 0.0758. The number of amides is 1. The Morgan fingerprint density at radius 3 is 3.13 bits per heavy atom. The summed E-state index contributed by atoms with van der Waals surface area (Å²) in [6.45, 7) is 0. The van der Waals surface area contributed by atoms with Crippen LogP contribution < -0.4 is 5.32 Å². The molecule has 1 heterocycles. The number of nitrogens with one attached hydrogen (secondary N) is 1. The Hall–Kier alpha value is -1.28. The quantitative estimate of drug-likeness (QED) is 0.782. The van der Waals surface area contributed by atoms with Gasteiger partial charge in [-0.1, -0.05) is 24.3 Å². The number of hydrogen-bond acceptors (Lipinski definition) is 1. The number of benzene rings is 1. The Morgan fingerprint density at radius 1 is 1.47 bits per heavy atom. The van der Waals surface area contributed by atoms with Gasteiger partial charge in [0.05, 0.1) is 6.42 Å². The van der Waals surface area contributed by atoms with Crippen LogP contribution in [-0.2, 0) is 11.2 Å². The van der Waals surface area contributed by atoms with Crippen molar-refractivity contribution in [1.29, 1.82) is 0 Å². The van der Waals surface area contributed by atoms with Crippen LogP contribution in [0.1, 0.15) is 17.5 Å². The third-order valence-electron chi connectivity index (χ3n) is 2.35. The van der Waals surface area contributed by atoms with Gasteiger partial charge in [-0.3, -0.25) is 4.79 Å². The van der Waals surface area contributed by atoms with E-state index in [4.69, 9.17) is 11.6 Å². The lowest BCUT2D eigenvalue weighted by molar-refractivity contribution is -0.115. The molecule has 1 amide bonds. The molecule has 1 N–H and O–H groups in total. The molecule has 0 aliphatic carbocycles. The fourth-order valence-electron chi connectivity index (χ4n) is 1.62. The van der Waals surface area contributed by atoms with Gasteiger partial charge in [-0.15, -0.1) is 11.6 Å². The maximum atomic E-state index is 11.1. The molecular formula is C12H12ClNO. The summed E-state index contributed by atoms with van der Waals surface area (Å²) in [4.78, 5) is 11.1. The predicted molar refractivity (Wildman–Crippen MR) is 63.1 cm³/mol. The maximum Gasteiger partial charge on any atom is 0.228 e. The van der Waals surface area contributed by atoms with E-state index in [1.807, 2.05) is 30.4 Å². The molecule has 78 valence electrons. The van der Waals surface area contributed by atoms with Crippen molar-refractivity contribution in [2.45, 2.75) is 12.8 Å². The number of rotatable bonds is 3. The Balaban J connectivity index is 2.16. The Labute approximate surface area is 93.9 Å². The molecule has 3 heteroatoms. The highest BCUT2D eigenvalue weighted by molar-refractivity contribution is 6.17. The van der Waals surface area contributed by atoms with E-state index in [-0.39, 0.29) is 5.91 Å². The molecule has 0 spiro atoms. The summed E-state index contributed by atoms with van der Waals surface area (Å²) < 4.78 is 0.